The third-order valence-electron chi connectivity index (χ3n) is 6.03. The van der Waals surface area contributed by atoms with Gasteiger partial charge in [-0.05, 0) is 69.1 Å². The Kier molecular flexibility index (Phi) is 4.57. The van der Waals surface area contributed by atoms with E-state index in [1.165, 1.54) is 31.2 Å². The number of nitrogens with one attached hydrogen (secondary N) is 1. The molecule has 2 saturated heterocycles. The molecular weight excluding hydrogens is 320 g/mol. The number of rotatable bonds is 5. The van der Waals surface area contributed by atoms with Gasteiger partial charge in [-0.25, -0.2) is 0 Å². The predicted molar refractivity (Wildman–Crippen MR) is 97.0 cm³/mol. The largest absolute Gasteiger partial charge is 0.333 e. The molecule has 4 rings (SSSR count). The number of hydrogen-bond acceptors (Lipinski definition) is 2. The van der Waals surface area contributed by atoms with E-state index in [9.17, 15) is 4.79 Å². The van der Waals surface area contributed by atoms with Crippen molar-refractivity contribution < 1.29 is 4.79 Å². The van der Waals surface area contributed by atoms with Gasteiger partial charge in [0.15, 0.2) is 0 Å². The SMILES string of the molecule is CC(c1ccc(Cl)cc1)N(C(=O)CC1CC2CCC(C1)N2)C1CC1. The lowest BCUT2D eigenvalue weighted by atomic mass is 9.89. The van der Waals surface area contributed by atoms with Crippen LogP contribution in [0.25, 0.3) is 0 Å². The minimum Gasteiger partial charge on any atom is -0.333 e. The van der Waals surface area contributed by atoms with Gasteiger partial charge >= 0.3 is 0 Å². The zero-order valence-corrected chi connectivity index (χ0v) is 15.1. The van der Waals surface area contributed by atoms with Gasteiger partial charge in [-0.2, -0.15) is 0 Å². The minimum absolute atomic E-state index is 0.140. The first kappa shape index (κ1) is 16.4. The van der Waals surface area contributed by atoms with Crippen LogP contribution in [0, 0.1) is 5.92 Å². The zero-order valence-electron chi connectivity index (χ0n) is 14.4. The molecule has 1 aliphatic carbocycles. The molecule has 2 heterocycles. The summed E-state index contributed by atoms with van der Waals surface area (Å²) in [6, 6.07) is 9.86. The number of benzene rings is 1. The first-order valence-corrected chi connectivity index (χ1v) is 9.80. The number of piperidine rings is 1. The highest BCUT2D eigenvalue weighted by atomic mass is 35.5. The summed E-state index contributed by atoms with van der Waals surface area (Å²) in [5, 5.41) is 4.42. The monoisotopic (exact) mass is 346 g/mol. The number of carbonyl (C=O) groups is 1. The molecule has 1 amide bonds. The first-order chi connectivity index (χ1) is 11.6. The van der Waals surface area contributed by atoms with Crippen LogP contribution in [-0.2, 0) is 4.79 Å². The molecule has 3 fully saturated rings. The second kappa shape index (κ2) is 6.68. The van der Waals surface area contributed by atoms with E-state index < -0.39 is 0 Å². The molecule has 3 nitrogen and oxygen atoms in total. The highest BCUT2D eigenvalue weighted by Gasteiger charge is 2.39. The molecule has 3 unspecified atom stereocenters. The number of nitrogens with zero attached hydrogens (tertiary/aromatic N) is 1. The molecule has 0 spiro atoms. The Morgan fingerprint density at radius 2 is 1.79 bits per heavy atom. The van der Waals surface area contributed by atoms with Gasteiger partial charge in [-0.3, -0.25) is 4.79 Å². The fraction of sp³-hybridized carbons (Fsp3) is 0.650. The van der Waals surface area contributed by atoms with Crippen LogP contribution in [0.1, 0.15) is 63.5 Å². The lowest BCUT2D eigenvalue weighted by molar-refractivity contribution is -0.135. The Labute approximate surface area is 149 Å². The van der Waals surface area contributed by atoms with Crippen LogP contribution in [-0.4, -0.2) is 28.9 Å². The van der Waals surface area contributed by atoms with Crippen molar-refractivity contribution in [1.82, 2.24) is 10.2 Å². The van der Waals surface area contributed by atoms with E-state index in [1.54, 1.807) is 0 Å². The van der Waals surface area contributed by atoms with Crippen LogP contribution in [0.5, 0.6) is 0 Å². The van der Waals surface area contributed by atoms with Gasteiger partial charge in [0.05, 0.1) is 6.04 Å². The molecule has 0 aromatic heterocycles. The third kappa shape index (κ3) is 3.48. The highest BCUT2D eigenvalue weighted by Crippen LogP contribution is 2.38. The summed E-state index contributed by atoms with van der Waals surface area (Å²) in [5.41, 5.74) is 1.19. The number of amides is 1. The van der Waals surface area contributed by atoms with Crippen LogP contribution in [0.15, 0.2) is 24.3 Å². The molecule has 1 N–H and O–H groups in total. The summed E-state index contributed by atoms with van der Waals surface area (Å²) >= 11 is 6.01. The molecule has 2 bridgehead atoms. The number of carbonyl (C=O) groups excluding carboxylic acids is 1. The van der Waals surface area contributed by atoms with Crippen molar-refractivity contribution in [2.45, 2.75) is 76.0 Å². The van der Waals surface area contributed by atoms with Gasteiger partial charge in [0.2, 0.25) is 5.91 Å². The van der Waals surface area contributed by atoms with E-state index in [0.717, 1.165) is 24.3 Å². The fourth-order valence-electron chi connectivity index (χ4n) is 4.68. The minimum atomic E-state index is 0.140. The van der Waals surface area contributed by atoms with Crippen molar-refractivity contribution in [3.8, 4) is 0 Å². The highest BCUT2D eigenvalue weighted by molar-refractivity contribution is 6.30. The number of fused-ring (bicyclic) bond motifs is 2. The molecule has 0 radical (unpaired) electrons. The molecule has 24 heavy (non-hydrogen) atoms. The average molecular weight is 347 g/mol. The summed E-state index contributed by atoms with van der Waals surface area (Å²) in [6.45, 7) is 2.16. The molecule has 3 aliphatic rings. The maximum absolute atomic E-state index is 13.1. The Hall–Kier alpha value is -1.06. The van der Waals surface area contributed by atoms with Crippen molar-refractivity contribution in [2.24, 2.45) is 5.92 Å². The van der Waals surface area contributed by atoms with Gasteiger partial charge < -0.3 is 10.2 Å². The Morgan fingerprint density at radius 3 is 2.38 bits per heavy atom. The average Bonchev–Trinajstić information content (AvgIpc) is 3.32. The van der Waals surface area contributed by atoms with Gasteiger partial charge in [0, 0.05) is 29.6 Å². The Bertz CT molecular complexity index is 586. The van der Waals surface area contributed by atoms with Crippen LogP contribution in [0.4, 0.5) is 0 Å². The van der Waals surface area contributed by atoms with E-state index in [4.69, 9.17) is 11.6 Å². The van der Waals surface area contributed by atoms with Gasteiger partial charge in [-0.1, -0.05) is 23.7 Å². The van der Waals surface area contributed by atoms with Gasteiger partial charge in [0.25, 0.3) is 0 Å². The molecule has 3 atom stereocenters. The fourth-order valence-corrected chi connectivity index (χ4v) is 4.81. The molecule has 1 aromatic carbocycles. The molecule has 130 valence electrons. The summed E-state index contributed by atoms with van der Waals surface area (Å²) in [6.07, 6.45) is 7.98. The smallest absolute Gasteiger partial charge is 0.223 e. The van der Waals surface area contributed by atoms with E-state index in [1.807, 2.05) is 12.1 Å². The molecular formula is C20H27ClN2O. The summed E-state index contributed by atoms with van der Waals surface area (Å²) in [5.74, 6) is 0.918. The summed E-state index contributed by atoms with van der Waals surface area (Å²) in [7, 11) is 0. The second-order valence-corrected chi connectivity index (χ2v) is 8.38. The van der Waals surface area contributed by atoms with E-state index in [-0.39, 0.29) is 6.04 Å². The molecule has 4 heteroatoms. The molecule has 2 aliphatic heterocycles. The van der Waals surface area contributed by atoms with Gasteiger partial charge in [0.1, 0.15) is 0 Å². The van der Waals surface area contributed by atoms with Crippen molar-refractivity contribution in [3.05, 3.63) is 34.9 Å². The summed E-state index contributed by atoms with van der Waals surface area (Å²) in [4.78, 5) is 15.2. The van der Waals surface area contributed by atoms with Crippen LogP contribution >= 0.6 is 11.6 Å². The normalized spacial score (nSPS) is 30.2. The van der Waals surface area contributed by atoms with E-state index in [0.29, 0.717) is 30.0 Å². The van der Waals surface area contributed by atoms with Crippen molar-refractivity contribution in [2.75, 3.05) is 0 Å². The van der Waals surface area contributed by atoms with E-state index in [2.05, 4.69) is 29.3 Å². The second-order valence-electron chi connectivity index (χ2n) is 7.94. The van der Waals surface area contributed by atoms with Crippen LogP contribution < -0.4 is 5.32 Å². The van der Waals surface area contributed by atoms with E-state index >= 15 is 0 Å². The topological polar surface area (TPSA) is 32.3 Å². The lowest BCUT2D eigenvalue weighted by Gasteiger charge is -2.34. The Morgan fingerprint density at radius 1 is 1.17 bits per heavy atom. The predicted octanol–water partition coefficient (Wildman–Crippen LogP) is 4.31. The lowest BCUT2D eigenvalue weighted by Crippen LogP contribution is -2.41. The van der Waals surface area contributed by atoms with Crippen LogP contribution in [0.3, 0.4) is 0 Å². The number of hydrogen-bond donors (Lipinski definition) is 1. The van der Waals surface area contributed by atoms with Crippen LogP contribution in [0.2, 0.25) is 5.02 Å². The van der Waals surface area contributed by atoms with Crippen molar-refractivity contribution in [1.29, 1.82) is 0 Å². The third-order valence-corrected chi connectivity index (χ3v) is 6.28. The van der Waals surface area contributed by atoms with Crippen molar-refractivity contribution in [3.63, 3.8) is 0 Å². The molecule has 1 saturated carbocycles. The summed E-state index contributed by atoms with van der Waals surface area (Å²) < 4.78 is 0. The standard InChI is InChI=1S/C20H27ClN2O/c1-13(15-2-4-16(21)5-3-15)23(19-8-9-19)20(24)12-14-10-17-6-7-18(11-14)22-17/h2-5,13-14,17-19,22H,6-12H2,1H3. The van der Waals surface area contributed by atoms with Crippen molar-refractivity contribution >= 4 is 17.5 Å². The maximum atomic E-state index is 13.1. The zero-order chi connectivity index (χ0) is 16.7. The van der Waals surface area contributed by atoms with Gasteiger partial charge in [-0.15, -0.1) is 0 Å². The first-order valence-electron chi connectivity index (χ1n) is 9.43. The molecule has 1 aromatic rings. The maximum Gasteiger partial charge on any atom is 0.223 e. The number of halogens is 1. The Balaban J connectivity index is 1.44. The quantitative estimate of drug-likeness (QED) is 0.861.